The number of H-pyrrole nitrogens is 1. The molecule has 172 valence electrons. The van der Waals surface area contributed by atoms with Gasteiger partial charge in [-0.05, 0) is 62.3 Å². The van der Waals surface area contributed by atoms with Gasteiger partial charge < -0.3 is 5.73 Å². The minimum atomic E-state index is -4.51. The SMILES string of the molecule is CC1=c2c(c(=O)[nH]c(=O)n2C2CC2)=CC(F)C1c1cc2c(s1)CCCC2C(N)C(F)(F)F. The molecule has 0 aliphatic heterocycles. The van der Waals surface area contributed by atoms with E-state index in [0.717, 1.165) is 17.7 Å². The van der Waals surface area contributed by atoms with E-state index in [1.165, 1.54) is 22.0 Å². The summed E-state index contributed by atoms with van der Waals surface area (Å²) in [5.74, 6) is -1.61. The summed E-state index contributed by atoms with van der Waals surface area (Å²) in [4.78, 5) is 28.6. The van der Waals surface area contributed by atoms with E-state index in [0.29, 0.717) is 40.6 Å². The van der Waals surface area contributed by atoms with E-state index in [2.05, 4.69) is 4.98 Å². The summed E-state index contributed by atoms with van der Waals surface area (Å²) in [5.41, 5.74) is 5.53. The molecule has 0 amide bonds. The van der Waals surface area contributed by atoms with Crippen LogP contribution in [0.3, 0.4) is 0 Å². The molecule has 2 aromatic rings. The summed E-state index contributed by atoms with van der Waals surface area (Å²) < 4.78 is 56.9. The second-order valence-corrected chi connectivity index (χ2v) is 10.2. The highest BCUT2D eigenvalue weighted by molar-refractivity contribution is 7.12. The maximum Gasteiger partial charge on any atom is 0.404 e. The van der Waals surface area contributed by atoms with Crippen LogP contribution in [0.2, 0.25) is 0 Å². The Balaban J connectivity index is 1.66. The summed E-state index contributed by atoms with van der Waals surface area (Å²) >= 11 is 1.32. The summed E-state index contributed by atoms with van der Waals surface area (Å²) in [6.45, 7) is 1.71. The van der Waals surface area contributed by atoms with Crippen LogP contribution in [-0.2, 0) is 6.42 Å². The highest BCUT2D eigenvalue weighted by atomic mass is 32.1. The van der Waals surface area contributed by atoms with Gasteiger partial charge in [-0.1, -0.05) is 0 Å². The summed E-state index contributed by atoms with van der Waals surface area (Å²) in [5, 5.41) is 0.589. The Kier molecular flexibility index (Phi) is 5.01. The van der Waals surface area contributed by atoms with Crippen LogP contribution in [0.5, 0.6) is 0 Å². The number of nitrogens with zero attached hydrogens (tertiary/aromatic N) is 1. The maximum absolute atomic E-state index is 15.4. The Hall–Kier alpha value is -2.20. The first-order valence-electron chi connectivity index (χ1n) is 10.7. The molecule has 1 fully saturated rings. The third-order valence-corrected chi connectivity index (χ3v) is 8.17. The van der Waals surface area contributed by atoms with Crippen LogP contribution in [0.25, 0.3) is 11.6 Å². The molecule has 5 rings (SSSR count). The van der Waals surface area contributed by atoms with E-state index >= 15 is 4.39 Å². The number of nitrogens with two attached hydrogens (primary N) is 1. The molecule has 0 radical (unpaired) electrons. The number of thiophene rings is 1. The topological polar surface area (TPSA) is 80.9 Å². The van der Waals surface area contributed by atoms with Crippen LogP contribution in [0.1, 0.15) is 65.8 Å². The van der Waals surface area contributed by atoms with Gasteiger partial charge in [0.1, 0.15) is 12.2 Å². The van der Waals surface area contributed by atoms with E-state index in [9.17, 15) is 22.8 Å². The van der Waals surface area contributed by atoms with Crippen molar-refractivity contribution in [2.45, 2.75) is 75.3 Å². The summed E-state index contributed by atoms with van der Waals surface area (Å²) in [7, 11) is 0. The standard InChI is InChI=1S/C22H23F4N3O2S/c1-9-17(14(23)7-13-18(9)29(10-5-6-10)21(31)28-20(13)30)16-8-12-11(19(27)22(24,25)26)3-2-4-15(12)32-16/h7-8,10-11,14,17,19H,2-6,27H2,1H3,(H,28,30,31). The molecular formula is C22H23F4N3O2S. The predicted octanol–water partition coefficient (Wildman–Crippen LogP) is 2.33. The van der Waals surface area contributed by atoms with Gasteiger partial charge in [-0.3, -0.25) is 14.3 Å². The number of hydrogen-bond donors (Lipinski definition) is 2. The van der Waals surface area contributed by atoms with Crippen molar-refractivity contribution in [1.29, 1.82) is 0 Å². The van der Waals surface area contributed by atoms with Crippen molar-refractivity contribution in [2.75, 3.05) is 0 Å². The van der Waals surface area contributed by atoms with E-state index in [-0.39, 0.29) is 11.3 Å². The molecule has 0 bridgehead atoms. The van der Waals surface area contributed by atoms with Crippen LogP contribution in [0, 0.1) is 0 Å². The number of rotatable bonds is 3. The predicted molar refractivity (Wildman–Crippen MR) is 114 cm³/mol. The van der Waals surface area contributed by atoms with Crippen molar-refractivity contribution in [3.05, 3.63) is 52.8 Å². The van der Waals surface area contributed by atoms with Crippen molar-refractivity contribution in [1.82, 2.24) is 9.55 Å². The highest BCUT2D eigenvalue weighted by Gasteiger charge is 2.44. The van der Waals surface area contributed by atoms with Crippen LogP contribution in [-0.4, -0.2) is 27.9 Å². The number of aromatic amines is 1. The molecule has 2 heterocycles. The van der Waals surface area contributed by atoms with E-state index in [1.807, 2.05) is 0 Å². The Morgan fingerprint density at radius 1 is 1.25 bits per heavy atom. The van der Waals surface area contributed by atoms with Gasteiger partial charge in [0.25, 0.3) is 5.56 Å². The number of hydrogen-bond acceptors (Lipinski definition) is 4. The molecule has 2 aromatic heterocycles. The Morgan fingerprint density at radius 2 is 1.97 bits per heavy atom. The molecule has 3 aliphatic rings. The fourth-order valence-electron chi connectivity index (χ4n) is 5.18. The molecule has 0 spiro atoms. The number of fused-ring (bicyclic) bond motifs is 2. The first kappa shape index (κ1) is 21.6. The molecule has 3 N–H and O–H groups in total. The fraction of sp³-hybridized carbons (Fsp3) is 0.545. The molecule has 0 saturated heterocycles. The zero-order chi connectivity index (χ0) is 22.9. The van der Waals surface area contributed by atoms with Crippen LogP contribution >= 0.6 is 11.3 Å². The van der Waals surface area contributed by atoms with Crippen LogP contribution < -0.4 is 27.6 Å². The van der Waals surface area contributed by atoms with Gasteiger partial charge in [0.05, 0.1) is 16.5 Å². The largest absolute Gasteiger partial charge is 0.404 e. The molecule has 32 heavy (non-hydrogen) atoms. The van der Waals surface area contributed by atoms with E-state index in [1.54, 1.807) is 13.0 Å². The minimum Gasteiger partial charge on any atom is -0.320 e. The first-order valence-corrected chi connectivity index (χ1v) is 11.6. The lowest BCUT2D eigenvalue weighted by Crippen LogP contribution is -2.57. The van der Waals surface area contributed by atoms with Crippen LogP contribution in [0.4, 0.5) is 17.6 Å². The minimum absolute atomic E-state index is 0.0287. The normalized spacial score (nSPS) is 26.3. The Bertz CT molecular complexity index is 1320. The highest BCUT2D eigenvalue weighted by Crippen LogP contribution is 2.46. The monoisotopic (exact) mass is 469 g/mol. The van der Waals surface area contributed by atoms with E-state index < -0.39 is 41.5 Å². The van der Waals surface area contributed by atoms with E-state index in [4.69, 9.17) is 5.73 Å². The van der Waals surface area contributed by atoms with Gasteiger partial charge in [0, 0.05) is 21.7 Å². The molecule has 3 aliphatic carbocycles. The third-order valence-electron chi connectivity index (χ3n) is 6.87. The summed E-state index contributed by atoms with van der Waals surface area (Å²) in [6, 6.07) is -0.326. The quantitative estimate of drug-likeness (QED) is 0.678. The average molecular weight is 470 g/mol. The fourth-order valence-corrected chi connectivity index (χ4v) is 6.66. The molecular weight excluding hydrogens is 446 g/mol. The number of aromatic nitrogens is 2. The number of alkyl halides is 4. The van der Waals surface area contributed by atoms with Crippen molar-refractivity contribution in [2.24, 2.45) is 5.73 Å². The smallest absolute Gasteiger partial charge is 0.320 e. The zero-order valence-corrected chi connectivity index (χ0v) is 18.2. The number of aryl methyl sites for hydroxylation is 1. The van der Waals surface area contributed by atoms with Crippen molar-refractivity contribution in [3.63, 3.8) is 0 Å². The molecule has 0 aromatic carbocycles. The Morgan fingerprint density at radius 3 is 2.62 bits per heavy atom. The second kappa shape index (κ2) is 7.41. The van der Waals surface area contributed by atoms with Crippen molar-refractivity contribution >= 4 is 23.0 Å². The lowest BCUT2D eigenvalue weighted by molar-refractivity contribution is -0.153. The number of halogens is 4. The number of nitrogens with one attached hydrogen (secondary N) is 1. The van der Waals surface area contributed by atoms with Gasteiger partial charge in [0.15, 0.2) is 0 Å². The molecule has 4 atom stereocenters. The van der Waals surface area contributed by atoms with Gasteiger partial charge in [-0.15, -0.1) is 11.3 Å². The zero-order valence-electron chi connectivity index (χ0n) is 17.3. The van der Waals surface area contributed by atoms with Gasteiger partial charge in [0.2, 0.25) is 0 Å². The van der Waals surface area contributed by atoms with Gasteiger partial charge in [-0.25, -0.2) is 9.18 Å². The van der Waals surface area contributed by atoms with Crippen molar-refractivity contribution < 1.29 is 17.6 Å². The van der Waals surface area contributed by atoms with Gasteiger partial charge in [-0.2, -0.15) is 13.2 Å². The molecule has 5 nitrogen and oxygen atoms in total. The lowest BCUT2D eigenvalue weighted by atomic mass is 9.81. The maximum atomic E-state index is 15.4. The third kappa shape index (κ3) is 3.39. The Labute approximate surface area is 184 Å². The first-order chi connectivity index (χ1) is 15.1. The summed E-state index contributed by atoms with van der Waals surface area (Å²) in [6.07, 6.45) is -1.62. The van der Waals surface area contributed by atoms with Crippen molar-refractivity contribution in [3.8, 4) is 0 Å². The molecule has 4 unspecified atom stereocenters. The van der Waals surface area contributed by atoms with Crippen LogP contribution in [0.15, 0.2) is 15.7 Å². The van der Waals surface area contributed by atoms with Gasteiger partial charge >= 0.3 is 11.9 Å². The lowest BCUT2D eigenvalue weighted by Gasteiger charge is -2.29. The molecule has 10 heteroatoms. The average Bonchev–Trinajstić information content (AvgIpc) is 3.45. The second-order valence-electron chi connectivity index (χ2n) is 8.99. The molecule has 1 saturated carbocycles.